The lowest BCUT2D eigenvalue weighted by Crippen LogP contribution is -2.18. The van der Waals surface area contributed by atoms with Crippen LogP contribution < -0.4 is 0 Å². The number of rotatable bonds is 5. The van der Waals surface area contributed by atoms with Gasteiger partial charge >= 0.3 is 0 Å². The van der Waals surface area contributed by atoms with Crippen LogP contribution in [0.3, 0.4) is 0 Å². The van der Waals surface area contributed by atoms with E-state index < -0.39 is 0 Å². The molecule has 4 nitrogen and oxygen atoms in total. The first kappa shape index (κ1) is 11.6. The van der Waals surface area contributed by atoms with Crippen molar-refractivity contribution in [1.82, 2.24) is 9.78 Å². The Hall–Kier alpha value is -0.870. The first-order valence-corrected chi connectivity index (χ1v) is 6.02. The molecule has 1 aliphatic rings. The molecule has 1 aromatic rings. The molecule has 0 amide bonds. The Labute approximate surface area is 96.2 Å². The quantitative estimate of drug-likeness (QED) is 0.819. The minimum Gasteiger partial charge on any atom is -0.393 e. The van der Waals surface area contributed by atoms with Gasteiger partial charge < -0.3 is 9.84 Å². The number of aliphatic hydroxyl groups is 1. The van der Waals surface area contributed by atoms with E-state index in [4.69, 9.17) is 4.74 Å². The van der Waals surface area contributed by atoms with Gasteiger partial charge in [-0.1, -0.05) is 0 Å². The van der Waals surface area contributed by atoms with Gasteiger partial charge in [0.25, 0.3) is 0 Å². The molecule has 0 aromatic carbocycles. The standard InChI is InChI=1S/C12H20N2O2/c1-14-10(6-7-13-14)4-5-11(15)9-12-3-2-8-16-12/h6-7,11-12,15H,2-5,8-9H2,1H3. The minimum absolute atomic E-state index is 0.252. The number of hydrogen-bond donors (Lipinski definition) is 1. The molecule has 1 N–H and O–H groups in total. The zero-order valence-corrected chi connectivity index (χ0v) is 9.80. The van der Waals surface area contributed by atoms with Gasteiger partial charge in [-0.2, -0.15) is 5.10 Å². The molecule has 0 saturated carbocycles. The molecule has 0 spiro atoms. The molecule has 2 unspecified atom stereocenters. The van der Waals surface area contributed by atoms with Crippen LogP contribution in [0.25, 0.3) is 0 Å². The average Bonchev–Trinajstić information content (AvgIpc) is 2.87. The highest BCUT2D eigenvalue weighted by molar-refractivity contribution is 5.00. The molecule has 2 rings (SSSR count). The van der Waals surface area contributed by atoms with Crippen LogP contribution in [0.2, 0.25) is 0 Å². The van der Waals surface area contributed by atoms with E-state index in [0.717, 1.165) is 38.7 Å². The van der Waals surface area contributed by atoms with Crippen molar-refractivity contribution < 1.29 is 9.84 Å². The maximum atomic E-state index is 9.89. The van der Waals surface area contributed by atoms with Crippen molar-refractivity contribution >= 4 is 0 Å². The molecule has 90 valence electrons. The summed E-state index contributed by atoms with van der Waals surface area (Å²) in [5.41, 5.74) is 1.17. The number of hydrogen-bond acceptors (Lipinski definition) is 3. The van der Waals surface area contributed by atoms with Gasteiger partial charge in [-0.3, -0.25) is 4.68 Å². The molecule has 1 aromatic heterocycles. The Morgan fingerprint density at radius 1 is 1.69 bits per heavy atom. The first-order valence-electron chi connectivity index (χ1n) is 6.02. The van der Waals surface area contributed by atoms with E-state index in [9.17, 15) is 5.11 Å². The largest absolute Gasteiger partial charge is 0.393 e. The lowest BCUT2D eigenvalue weighted by Gasteiger charge is -2.15. The highest BCUT2D eigenvalue weighted by Gasteiger charge is 2.19. The maximum Gasteiger partial charge on any atom is 0.0600 e. The van der Waals surface area contributed by atoms with Crippen LogP contribution in [0.4, 0.5) is 0 Å². The molecule has 2 heterocycles. The van der Waals surface area contributed by atoms with Crippen molar-refractivity contribution in [2.75, 3.05) is 6.61 Å². The van der Waals surface area contributed by atoms with Crippen LogP contribution in [-0.4, -0.2) is 33.7 Å². The van der Waals surface area contributed by atoms with Crippen LogP contribution in [-0.2, 0) is 18.2 Å². The summed E-state index contributed by atoms with van der Waals surface area (Å²) in [7, 11) is 1.93. The smallest absolute Gasteiger partial charge is 0.0600 e. The molecule has 0 radical (unpaired) electrons. The second-order valence-electron chi connectivity index (χ2n) is 4.51. The molecule has 0 bridgehead atoms. The predicted molar refractivity (Wildman–Crippen MR) is 61.1 cm³/mol. The fourth-order valence-electron chi connectivity index (χ4n) is 2.21. The molecule has 4 heteroatoms. The van der Waals surface area contributed by atoms with E-state index in [1.807, 2.05) is 17.8 Å². The van der Waals surface area contributed by atoms with Gasteiger partial charge in [0, 0.05) is 25.5 Å². The van der Waals surface area contributed by atoms with Gasteiger partial charge in [0.15, 0.2) is 0 Å². The second kappa shape index (κ2) is 5.46. The van der Waals surface area contributed by atoms with Crippen molar-refractivity contribution in [2.24, 2.45) is 7.05 Å². The van der Waals surface area contributed by atoms with Crippen molar-refractivity contribution in [3.05, 3.63) is 18.0 Å². The zero-order chi connectivity index (χ0) is 11.4. The van der Waals surface area contributed by atoms with Crippen molar-refractivity contribution in [1.29, 1.82) is 0 Å². The van der Waals surface area contributed by atoms with Gasteiger partial charge in [-0.15, -0.1) is 0 Å². The predicted octanol–water partition coefficient (Wildman–Crippen LogP) is 1.28. The van der Waals surface area contributed by atoms with E-state index in [-0.39, 0.29) is 12.2 Å². The summed E-state index contributed by atoms with van der Waals surface area (Å²) >= 11 is 0. The lowest BCUT2D eigenvalue weighted by atomic mass is 10.0. The molecule has 0 aliphatic carbocycles. The number of nitrogens with zero attached hydrogens (tertiary/aromatic N) is 2. The topological polar surface area (TPSA) is 47.3 Å². The van der Waals surface area contributed by atoms with Gasteiger partial charge in [0.05, 0.1) is 12.2 Å². The summed E-state index contributed by atoms with van der Waals surface area (Å²) in [4.78, 5) is 0. The second-order valence-corrected chi connectivity index (χ2v) is 4.51. The van der Waals surface area contributed by atoms with Gasteiger partial charge in [-0.05, 0) is 38.2 Å². The SMILES string of the molecule is Cn1nccc1CCC(O)CC1CCCO1. The molecular formula is C12H20N2O2. The Bertz CT molecular complexity index is 319. The highest BCUT2D eigenvalue weighted by atomic mass is 16.5. The summed E-state index contributed by atoms with van der Waals surface area (Å²) in [5, 5.41) is 14.0. The molecule has 1 saturated heterocycles. The van der Waals surface area contributed by atoms with Crippen molar-refractivity contribution in [3.63, 3.8) is 0 Å². The van der Waals surface area contributed by atoms with Crippen LogP contribution >= 0.6 is 0 Å². The number of aryl methyl sites for hydroxylation is 2. The number of aromatic nitrogens is 2. The molecule has 16 heavy (non-hydrogen) atoms. The van der Waals surface area contributed by atoms with Crippen molar-refractivity contribution in [2.45, 2.75) is 44.3 Å². The van der Waals surface area contributed by atoms with Crippen LogP contribution in [0, 0.1) is 0 Å². The minimum atomic E-state index is -0.252. The van der Waals surface area contributed by atoms with Crippen molar-refractivity contribution in [3.8, 4) is 0 Å². The summed E-state index contributed by atoms with van der Waals surface area (Å²) in [6, 6.07) is 2.00. The summed E-state index contributed by atoms with van der Waals surface area (Å²) in [6.07, 6.45) is 6.50. The summed E-state index contributed by atoms with van der Waals surface area (Å²) < 4.78 is 7.37. The van der Waals surface area contributed by atoms with Crippen LogP contribution in [0.5, 0.6) is 0 Å². The van der Waals surface area contributed by atoms with Gasteiger partial charge in [-0.25, -0.2) is 0 Å². The molecular weight excluding hydrogens is 204 g/mol. The van der Waals surface area contributed by atoms with E-state index >= 15 is 0 Å². The molecule has 1 aliphatic heterocycles. The zero-order valence-electron chi connectivity index (χ0n) is 9.80. The Morgan fingerprint density at radius 2 is 2.56 bits per heavy atom. The summed E-state index contributed by atoms with van der Waals surface area (Å²) in [5.74, 6) is 0. The monoisotopic (exact) mass is 224 g/mol. The third-order valence-corrected chi connectivity index (χ3v) is 3.22. The highest BCUT2D eigenvalue weighted by Crippen LogP contribution is 2.18. The molecule has 1 fully saturated rings. The number of ether oxygens (including phenoxy) is 1. The normalized spacial score (nSPS) is 22.5. The Kier molecular flexibility index (Phi) is 3.96. The first-order chi connectivity index (χ1) is 7.75. The average molecular weight is 224 g/mol. The van der Waals surface area contributed by atoms with E-state index in [2.05, 4.69) is 5.10 Å². The summed E-state index contributed by atoms with van der Waals surface area (Å²) in [6.45, 7) is 0.860. The third-order valence-electron chi connectivity index (χ3n) is 3.22. The third kappa shape index (κ3) is 3.06. The number of aliphatic hydroxyl groups excluding tert-OH is 1. The van der Waals surface area contributed by atoms with E-state index in [0.29, 0.717) is 0 Å². The lowest BCUT2D eigenvalue weighted by molar-refractivity contribution is 0.0506. The fourth-order valence-corrected chi connectivity index (χ4v) is 2.21. The van der Waals surface area contributed by atoms with Gasteiger partial charge in [0.1, 0.15) is 0 Å². The van der Waals surface area contributed by atoms with Gasteiger partial charge in [0.2, 0.25) is 0 Å². The molecule has 2 atom stereocenters. The van der Waals surface area contributed by atoms with E-state index in [1.54, 1.807) is 6.20 Å². The van der Waals surface area contributed by atoms with Crippen LogP contribution in [0.15, 0.2) is 12.3 Å². The van der Waals surface area contributed by atoms with E-state index in [1.165, 1.54) is 5.69 Å². The fraction of sp³-hybridized carbons (Fsp3) is 0.750. The van der Waals surface area contributed by atoms with Crippen LogP contribution in [0.1, 0.15) is 31.4 Å². The maximum absolute atomic E-state index is 9.89. The Morgan fingerprint density at radius 3 is 3.19 bits per heavy atom. The Balaban J connectivity index is 1.71.